The van der Waals surface area contributed by atoms with E-state index in [1.165, 1.54) is 6.07 Å². The van der Waals surface area contributed by atoms with E-state index in [0.717, 1.165) is 0 Å². The number of halogens is 1. The Balaban J connectivity index is 2.40. The van der Waals surface area contributed by atoms with Gasteiger partial charge < -0.3 is 15.6 Å². The van der Waals surface area contributed by atoms with Gasteiger partial charge in [0.05, 0.1) is 6.61 Å². The van der Waals surface area contributed by atoms with Crippen molar-refractivity contribution in [3.05, 3.63) is 30.1 Å². The van der Waals surface area contributed by atoms with Crippen LogP contribution in [-0.4, -0.2) is 24.2 Å². The van der Waals surface area contributed by atoms with Crippen LogP contribution in [0.4, 0.5) is 4.39 Å². The van der Waals surface area contributed by atoms with Crippen LogP contribution >= 0.6 is 0 Å². The first kappa shape index (κ1) is 15.4. The van der Waals surface area contributed by atoms with Gasteiger partial charge in [0.2, 0.25) is 0 Å². The molecule has 0 saturated carbocycles. The number of carboxylic acids is 1. The minimum absolute atomic E-state index is 0.0561. The third-order valence-electron chi connectivity index (χ3n) is 2.89. The summed E-state index contributed by atoms with van der Waals surface area (Å²) in [6.45, 7) is 2.61. The highest BCUT2D eigenvalue weighted by molar-refractivity contribution is 5.67. The maximum absolute atomic E-state index is 13.3. The van der Waals surface area contributed by atoms with Crippen molar-refractivity contribution in [3.63, 3.8) is 0 Å². The molecule has 5 heteroatoms. The number of para-hydroxylation sites is 1. The maximum Gasteiger partial charge on any atom is 0.303 e. The number of nitrogens with two attached hydrogens (primary N) is 1. The summed E-state index contributed by atoms with van der Waals surface area (Å²) < 4.78 is 18.7. The largest absolute Gasteiger partial charge is 0.490 e. The van der Waals surface area contributed by atoms with Crippen LogP contribution in [0.5, 0.6) is 5.75 Å². The predicted molar refractivity (Wildman–Crippen MR) is 70.5 cm³/mol. The fourth-order valence-corrected chi connectivity index (χ4v) is 1.94. The molecule has 0 heterocycles. The second-order valence-electron chi connectivity index (χ2n) is 4.78. The lowest BCUT2D eigenvalue weighted by molar-refractivity contribution is -0.138. The molecule has 2 atom stereocenters. The zero-order chi connectivity index (χ0) is 14.3. The molecule has 0 radical (unpaired) electrons. The minimum atomic E-state index is -0.849. The van der Waals surface area contributed by atoms with Gasteiger partial charge in [0.1, 0.15) is 0 Å². The summed E-state index contributed by atoms with van der Waals surface area (Å²) >= 11 is 0. The quantitative estimate of drug-likeness (QED) is 0.759. The number of benzene rings is 1. The van der Waals surface area contributed by atoms with Crippen molar-refractivity contribution in [1.82, 2.24) is 0 Å². The molecule has 0 aliphatic rings. The van der Waals surface area contributed by atoms with Gasteiger partial charge in [-0.2, -0.15) is 0 Å². The molecule has 19 heavy (non-hydrogen) atoms. The van der Waals surface area contributed by atoms with Crippen molar-refractivity contribution < 1.29 is 19.0 Å². The summed E-state index contributed by atoms with van der Waals surface area (Å²) in [6.07, 6.45) is 0.706. The number of aliphatic carboxylic acids is 1. The molecule has 0 aliphatic carbocycles. The molecule has 0 aliphatic heterocycles. The molecule has 0 fully saturated rings. The van der Waals surface area contributed by atoms with Gasteiger partial charge in [-0.15, -0.1) is 0 Å². The second-order valence-corrected chi connectivity index (χ2v) is 4.78. The number of carbonyl (C=O) groups is 1. The predicted octanol–water partition coefficient (Wildman–Crippen LogP) is 2.28. The average molecular weight is 269 g/mol. The van der Waals surface area contributed by atoms with Crippen LogP contribution in [0.2, 0.25) is 0 Å². The van der Waals surface area contributed by atoms with Crippen molar-refractivity contribution in [1.29, 1.82) is 0 Å². The second kappa shape index (κ2) is 7.74. The summed E-state index contributed by atoms with van der Waals surface area (Å²) in [5.41, 5.74) is 5.54. The molecule has 106 valence electrons. The summed E-state index contributed by atoms with van der Waals surface area (Å²) in [7, 11) is 0. The van der Waals surface area contributed by atoms with Crippen LogP contribution in [0.1, 0.15) is 19.8 Å². The molecule has 1 aromatic rings. The van der Waals surface area contributed by atoms with Crippen molar-refractivity contribution in [3.8, 4) is 5.75 Å². The summed E-state index contributed by atoms with van der Waals surface area (Å²) in [5.74, 6) is -0.977. The molecule has 4 nitrogen and oxygen atoms in total. The van der Waals surface area contributed by atoms with Crippen molar-refractivity contribution >= 4 is 5.97 Å². The van der Waals surface area contributed by atoms with Crippen LogP contribution in [0.3, 0.4) is 0 Å². The van der Waals surface area contributed by atoms with Crippen LogP contribution in [-0.2, 0) is 4.79 Å². The molecule has 1 rings (SSSR count). The molecule has 2 unspecified atom stereocenters. The Bertz CT molecular complexity index is 411. The SMILES string of the molecule is CC(COc1ccccc1F)CC(CN)CC(=O)O. The van der Waals surface area contributed by atoms with E-state index in [1.54, 1.807) is 18.2 Å². The minimum Gasteiger partial charge on any atom is -0.490 e. The first-order chi connectivity index (χ1) is 9.02. The zero-order valence-electron chi connectivity index (χ0n) is 11.0. The van der Waals surface area contributed by atoms with Gasteiger partial charge in [0, 0.05) is 6.42 Å². The molecule has 0 spiro atoms. The molecule has 0 aromatic heterocycles. The Morgan fingerprint density at radius 1 is 1.47 bits per heavy atom. The molecule has 3 N–H and O–H groups in total. The highest BCUT2D eigenvalue weighted by Crippen LogP contribution is 2.19. The van der Waals surface area contributed by atoms with Crippen molar-refractivity contribution in [2.24, 2.45) is 17.6 Å². The van der Waals surface area contributed by atoms with E-state index in [1.807, 2.05) is 6.92 Å². The first-order valence-electron chi connectivity index (χ1n) is 6.32. The van der Waals surface area contributed by atoms with Crippen LogP contribution in [0.15, 0.2) is 24.3 Å². The number of ether oxygens (including phenoxy) is 1. The van der Waals surface area contributed by atoms with E-state index in [-0.39, 0.29) is 24.0 Å². The number of hydrogen-bond donors (Lipinski definition) is 2. The van der Waals surface area contributed by atoms with Crippen LogP contribution < -0.4 is 10.5 Å². The molecular weight excluding hydrogens is 249 g/mol. The van der Waals surface area contributed by atoms with Gasteiger partial charge >= 0.3 is 5.97 Å². The highest BCUT2D eigenvalue weighted by atomic mass is 19.1. The first-order valence-corrected chi connectivity index (χ1v) is 6.32. The smallest absolute Gasteiger partial charge is 0.303 e. The van der Waals surface area contributed by atoms with E-state index in [9.17, 15) is 9.18 Å². The van der Waals surface area contributed by atoms with E-state index < -0.39 is 11.8 Å². The normalized spacial score (nSPS) is 13.8. The Labute approximate surface area is 112 Å². The lowest BCUT2D eigenvalue weighted by Crippen LogP contribution is -2.22. The monoisotopic (exact) mass is 269 g/mol. The maximum atomic E-state index is 13.3. The molecule has 0 saturated heterocycles. The van der Waals surface area contributed by atoms with E-state index in [2.05, 4.69) is 0 Å². The Morgan fingerprint density at radius 3 is 2.74 bits per heavy atom. The van der Waals surface area contributed by atoms with Gasteiger partial charge in [-0.3, -0.25) is 4.79 Å². The van der Waals surface area contributed by atoms with Gasteiger partial charge in [0.25, 0.3) is 0 Å². The van der Waals surface area contributed by atoms with E-state index >= 15 is 0 Å². The lowest BCUT2D eigenvalue weighted by Gasteiger charge is -2.18. The van der Waals surface area contributed by atoms with Crippen molar-refractivity contribution in [2.75, 3.05) is 13.2 Å². The van der Waals surface area contributed by atoms with Crippen LogP contribution in [0, 0.1) is 17.7 Å². The molecule has 0 bridgehead atoms. The Hall–Kier alpha value is -1.62. The summed E-state index contributed by atoms with van der Waals surface area (Å²) in [5, 5.41) is 8.74. The van der Waals surface area contributed by atoms with Gasteiger partial charge in [-0.1, -0.05) is 19.1 Å². The number of hydrogen-bond acceptors (Lipinski definition) is 3. The van der Waals surface area contributed by atoms with E-state index in [4.69, 9.17) is 15.6 Å². The average Bonchev–Trinajstić information content (AvgIpc) is 2.36. The fourth-order valence-electron chi connectivity index (χ4n) is 1.94. The topological polar surface area (TPSA) is 72.5 Å². The van der Waals surface area contributed by atoms with Crippen LogP contribution in [0.25, 0.3) is 0 Å². The number of carboxylic acid groups (broad SMARTS) is 1. The zero-order valence-corrected chi connectivity index (χ0v) is 11.0. The summed E-state index contributed by atoms with van der Waals surface area (Å²) in [6, 6.07) is 6.21. The standard InChI is InChI=1S/C14H20FNO3/c1-10(6-11(8-16)7-14(17)18)9-19-13-5-3-2-4-12(13)15/h2-5,10-11H,6-9,16H2,1H3,(H,17,18). The summed E-state index contributed by atoms with van der Waals surface area (Å²) in [4.78, 5) is 10.6. The van der Waals surface area contributed by atoms with E-state index in [0.29, 0.717) is 19.6 Å². The Morgan fingerprint density at radius 2 is 2.16 bits per heavy atom. The third kappa shape index (κ3) is 5.70. The number of rotatable bonds is 8. The highest BCUT2D eigenvalue weighted by Gasteiger charge is 2.16. The van der Waals surface area contributed by atoms with Gasteiger partial charge in [-0.25, -0.2) is 4.39 Å². The Kier molecular flexibility index (Phi) is 6.29. The lowest BCUT2D eigenvalue weighted by atomic mass is 9.93. The molecular formula is C14H20FNO3. The fraction of sp³-hybridized carbons (Fsp3) is 0.500. The molecule has 0 amide bonds. The third-order valence-corrected chi connectivity index (χ3v) is 2.89. The van der Waals surface area contributed by atoms with Gasteiger partial charge in [-0.05, 0) is 36.9 Å². The van der Waals surface area contributed by atoms with Crippen molar-refractivity contribution in [2.45, 2.75) is 19.8 Å². The van der Waals surface area contributed by atoms with Gasteiger partial charge in [0.15, 0.2) is 11.6 Å². The molecule has 1 aromatic carbocycles.